The Labute approximate surface area is 176 Å². The zero-order valence-corrected chi connectivity index (χ0v) is 17.3. The minimum absolute atomic E-state index is 0.176. The van der Waals surface area contributed by atoms with Crippen molar-refractivity contribution in [3.8, 4) is 22.7 Å². The van der Waals surface area contributed by atoms with E-state index in [0.717, 1.165) is 27.5 Å². The van der Waals surface area contributed by atoms with Gasteiger partial charge in [0.2, 0.25) is 5.88 Å². The normalized spacial score (nSPS) is 10.9. The van der Waals surface area contributed by atoms with Gasteiger partial charge in [0.15, 0.2) is 0 Å². The molecule has 2 aromatic carbocycles. The van der Waals surface area contributed by atoms with Crippen molar-refractivity contribution in [1.29, 1.82) is 5.26 Å². The third-order valence-electron chi connectivity index (χ3n) is 4.52. The third kappa shape index (κ3) is 4.14. The molecule has 0 saturated carbocycles. The third-order valence-corrected chi connectivity index (χ3v) is 5.10. The molecule has 0 amide bonds. The number of thiocyanates is 1. The molecule has 9 heteroatoms. The fourth-order valence-electron chi connectivity index (χ4n) is 2.77. The standard InChI is InChI=1S/C21H18N4O4S/c1-12-4-5-14(8-13(12)2)25-20(27)16(19(26)24-21(25)28)10-23-17-7-6-15(30-11-22)9-18(17)29-3/h4-10,27H,1-3H3,(H,24,26,28). The number of nitrogens with one attached hydrogen (secondary N) is 1. The fourth-order valence-corrected chi connectivity index (χ4v) is 3.18. The Morgan fingerprint density at radius 1 is 1.20 bits per heavy atom. The lowest BCUT2D eigenvalue weighted by atomic mass is 10.1. The summed E-state index contributed by atoms with van der Waals surface area (Å²) in [5.74, 6) is -0.128. The van der Waals surface area contributed by atoms with Gasteiger partial charge in [0.25, 0.3) is 5.56 Å². The number of aryl methyl sites for hydroxylation is 2. The monoisotopic (exact) mass is 422 g/mol. The minimum atomic E-state index is -0.767. The van der Waals surface area contributed by atoms with Crippen molar-refractivity contribution in [3.63, 3.8) is 0 Å². The summed E-state index contributed by atoms with van der Waals surface area (Å²) in [6.45, 7) is 3.82. The Hall–Kier alpha value is -3.77. The highest BCUT2D eigenvalue weighted by atomic mass is 32.2. The topological polar surface area (TPSA) is 120 Å². The van der Waals surface area contributed by atoms with Crippen LogP contribution in [0.1, 0.15) is 16.7 Å². The molecule has 1 heterocycles. The number of nitriles is 1. The van der Waals surface area contributed by atoms with Crippen LogP contribution in [0.2, 0.25) is 0 Å². The fraction of sp³-hybridized carbons (Fsp3) is 0.143. The average molecular weight is 422 g/mol. The Morgan fingerprint density at radius 2 is 1.97 bits per heavy atom. The van der Waals surface area contributed by atoms with E-state index >= 15 is 0 Å². The molecule has 0 aliphatic rings. The molecule has 0 fully saturated rings. The first kappa shape index (κ1) is 21.0. The number of aliphatic imine (C=N–C) groups is 1. The summed E-state index contributed by atoms with van der Waals surface area (Å²) in [7, 11) is 1.46. The second-order valence-corrected chi connectivity index (χ2v) is 7.24. The predicted molar refractivity (Wildman–Crippen MR) is 116 cm³/mol. The van der Waals surface area contributed by atoms with Gasteiger partial charge >= 0.3 is 5.69 Å². The molecule has 0 atom stereocenters. The highest BCUT2D eigenvalue weighted by molar-refractivity contribution is 8.03. The Balaban J connectivity index is 2.10. The second-order valence-electron chi connectivity index (χ2n) is 6.39. The Morgan fingerprint density at radius 3 is 2.63 bits per heavy atom. The number of rotatable bonds is 5. The van der Waals surface area contributed by atoms with Gasteiger partial charge in [-0.2, -0.15) is 5.26 Å². The molecular formula is C21H18N4O4S. The van der Waals surface area contributed by atoms with Crippen LogP contribution in [0.4, 0.5) is 5.69 Å². The molecule has 3 rings (SSSR count). The van der Waals surface area contributed by atoms with E-state index in [-0.39, 0.29) is 5.56 Å². The van der Waals surface area contributed by atoms with Crippen molar-refractivity contribution in [2.75, 3.05) is 7.11 Å². The number of H-pyrrole nitrogens is 1. The van der Waals surface area contributed by atoms with Crippen LogP contribution in [-0.2, 0) is 0 Å². The van der Waals surface area contributed by atoms with Gasteiger partial charge in [-0.3, -0.25) is 14.8 Å². The van der Waals surface area contributed by atoms with Crippen molar-refractivity contribution in [2.45, 2.75) is 18.7 Å². The van der Waals surface area contributed by atoms with E-state index in [9.17, 15) is 14.7 Å². The van der Waals surface area contributed by atoms with Crippen molar-refractivity contribution in [3.05, 3.63) is 73.9 Å². The smallest absolute Gasteiger partial charge is 0.335 e. The molecule has 2 N–H and O–H groups in total. The zero-order chi connectivity index (χ0) is 21.8. The van der Waals surface area contributed by atoms with Crippen molar-refractivity contribution >= 4 is 23.7 Å². The summed E-state index contributed by atoms with van der Waals surface area (Å²) >= 11 is 0.977. The lowest BCUT2D eigenvalue weighted by Crippen LogP contribution is -2.31. The molecule has 1 aromatic heterocycles. The van der Waals surface area contributed by atoms with Gasteiger partial charge < -0.3 is 9.84 Å². The largest absolute Gasteiger partial charge is 0.494 e. The van der Waals surface area contributed by atoms with Gasteiger partial charge in [0.05, 0.1) is 12.8 Å². The Bertz CT molecular complexity index is 1300. The summed E-state index contributed by atoms with van der Waals surface area (Å²) in [5, 5.41) is 21.4. The van der Waals surface area contributed by atoms with Crippen LogP contribution in [-0.4, -0.2) is 28.0 Å². The number of aromatic amines is 1. The zero-order valence-electron chi connectivity index (χ0n) is 16.5. The van der Waals surface area contributed by atoms with E-state index in [1.165, 1.54) is 13.3 Å². The van der Waals surface area contributed by atoms with E-state index in [4.69, 9.17) is 10.00 Å². The number of methoxy groups -OCH3 is 1. The molecule has 0 spiro atoms. The molecular weight excluding hydrogens is 404 g/mol. The molecule has 152 valence electrons. The molecule has 0 unspecified atom stereocenters. The van der Waals surface area contributed by atoms with Gasteiger partial charge in [0.1, 0.15) is 22.4 Å². The maximum absolute atomic E-state index is 12.3. The van der Waals surface area contributed by atoms with Crippen LogP contribution < -0.4 is 16.0 Å². The number of thioether (sulfide) groups is 1. The van der Waals surface area contributed by atoms with Gasteiger partial charge in [-0.25, -0.2) is 9.36 Å². The SMILES string of the molecule is COc1cc(SC#N)ccc1N=Cc1c(O)n(-c2ccc(C)c(C)c2)c(=O)[nH]c1=O. The summed E-state index contributed by atoms with van der Waals surface area (Å²) in [6.07, 6.45) is 1.17. The molecule has 3 aromatic rings. The highest BCUT2D eigenvalue weighted by Gasteiger charge is 2.15. The van der Waals surface area contributed by atoms with Crippen molar-refractivity contribution < 1.29 is 9.84 Å². The van der Waals surface area contributed by atoms with Crippen molar-refractivity contribution in [1.82, 2.24) is 9.55 Å². The summed E-state index contributed by atoms with van der Waals surface area (Å²) in [4.78, 5) is 31.7. The molecule has 0 bridgehead atoms. The van der Waals surface area contributed by atoms with E-state index < -0.39 is 17.1 Å². The molecule has 0 saturated heterocycles. The molecule has 8 nitrogen and oxygen atoms in total. The quantitative estimate of drug-likeness (QED) is 0.370. The van der Waals surface area contributed by atoms with Gasteiger partial charge in [-0.1, -0.05) is 6.07 Å². The van der Waals surface area contributed by atoms with Crippen LogP contribution in [0.15, 0.2) is 55.9 Å². The van der Waals surface area contributed by atoms with E-state index in [1.54, 1.807) is 30.3 Å². The number of nitrogens with zero attached hydrogens (tertiary/aromatic N) is 3. The number of hydrogen-bond donors (Lipinski definition) is 2. The second kappa shape index (κ2) is 8.71. The first-order chi connectivity index (χ1) is 14.3. The predicted octanol–water partition coefficient (Wildman–Crippen LogP) is 3.18. The number of aromatic nitrogens is 2. The number of hydrogen-bond acceptors (Lipinski definition) is 7. The average Bonchev–Trinajstić information content (AvgIpc) is 2.71. The minimum Gasteiger partial charge on any atom is -0.494 e. The van der Waals surface area contributed by atoms with Crippen LogP contribution >= 0.6 is 11.8 Å². The maximum Gasteiger partial charge on any atom is 0.335 e. The van der Waals surface area contributed by atoms with Gasteiger partial charge in [0, 0.05) is 11.1 Å². The molecule has 30 heavy (non-hydrogen) atoms. The van der Waals surface area contributed by atoms with Gasteiger partial charge in [-0.05, 0) is 67.1 Å². The Kier molecular flexibility index (Phi) is 6.09. The molecule has 0 aliphatic heterocycles. The summed E-state index contributed by atoms with van der Waals surface area (Å²) in [6, 6.07) is 10.2. The van der Waals surface area contributed by atoms with Crippen molar-refractivity contribution in [2.24, 2.45) is 4.99 Å². The first-order valence-corrected chi connectivity index (χ1v) is 9.61. The van der Waals surface area contributed by atoms with Crippen LogP contribution in [0.25, 0.3) is 5.69 Å². The lowest BCUT2D eigenvalue weighted by Gasteiger charge is -2.11. The lowest BCUT2D eigenvalue weighted by molar-refractivity contribution is 0.415. The summed E-state index contributed by atoms with van der Waals surface area (Å²) in [5.41, 5.74) is 1.07. The molecule has 0 aliphatic carbocycles. The van der Waals surface area contributed by atoms with Crippen LogP contribution in [0.5, 0.6) is 11.6 Å². The first-order valence-electron chi connectivity index (χ1n) is 8.79. The van der Waals surface area contributed by atoms with Crippen LogP contribution in [0, 0.1) is 24.5 Å². The van der Waals surface area contributed by atoms with Gasteiger partial charge in [-0.15, -0.1) is 0 Å². The number of aromatic hydroxyl groups is 1. The van der Waals surface area contributed by atoms with E-state index in [1.807, 2.05) is 25.3 Å². The molecule has 0 radical (unpaired) electrons. The summed E-state index contributed by atoms with van der Waals surface area (Å²) < 4.78 is 6.29. The van der Waals surface area contributed by atoms with E-state index in [0.29, 0.717) is 22.0 Å². The number of benzene rings is 2. The van der Waals surface area contributed by atoms with E-state index in [2.05, 4.69) is 9.98 Å². The maximum atomic E-state index is 12.3. The highest BCUT2D eigenvalue weighted by Crippen LogP contribution is 2.32. The number of ether oxygens (including phenoxy) is 1. The van der Waals surface area contributed by atoms with Crippen LogP contribution in [0.3, 0.4) is 0 Å².